The van der Waals surface area contributed by atoms with Crippen molar-refractivity contribution in [1.29, 1.82) is 0 Å². The molecule has 0 bridgehead atoms. The van der Waals surface area contributed by atoms with Crippen molar-refractivity contribution >= 4 is 23.2 Å². The van der Waals surface area contributed by atoms with Crippen LogP contribution in [0.15, 0.2) is 17.7 Å². The summed E-state index contributed by atoms with van der Waals surface area (Å²) in [7, 11) is 0. The minimum Gasteiger partial charge on any atom is -0.342 e. The van der Waals surface area contributed by atoms with Gasteiger partial charge in [-0.1, -0.05) is 13.8 Å². The summed E-state index contributed by atoms with van der Waals surface area (Å²) in [5.74, 6) is 0.506. The second-order valence-electron chi connectivity index (χ2n) is 3.55. The number of fused-ring (bicyclic) bond motifs is 1. The minimum absolute atomic E-state index is 0.506. The normalized spacial score (nSPS) is 11.4. The van der Waals surface area contributed by atoms with E-state index >= 15 is 0 Å². The first-order chi connectivity index (χ1) is 7.25. The Morgan fingerprint density at radius 3 is 3.13 bits per heavy atom. The van der Waals surface area contributed by atoms with Gasteiger partial charge in [0.15, 0.2) is 5.65 Å². The SMILES string of the molecule is CC(C)COSc1ncc2[nH]cnc2n1. The van der Waals surface area contributed by atoms with E-state index in [2.05, 4.69) is 33.8 Å². The van der Waals surface area contributed by atoms with Crippen LogP contribution in [-0.4, -0.2) is 26.5 Å². The molecule has 0 aromatic carbocycles. The molecule has 2 heterocycles. The lowest BCUT2D eigenvalue weighted by Gasteiger charge is -2.03. The predicted octanol–water partition coefficient (Wildman–Crippen LogP) is 2.03. The van der Waals surface area contributed by atoms with Crippen molar-refractivity contribution in [2.45, 2.75) is 19.0 Å². The molecular formula is C9H12N4OS. The van der Waals surface area contributed by atoms with E-state index in [1.807, 2.05) is 0 Å². The van der Waals surface area contributed by atoms with Crippen molar-refractivity contribution in [3.05, 3.63) is 12.5 Å². The Kier molecular flexibility index (Phi) is 3.17. The number of aromatic amines is 1. The maximum absolute atomic E-state index is 5.36. The Labute approximate surface area is 91.9 Å². The second kappa shape index (κ2) is 4.59. The Morgan fingerprint density at radius 2 is 2.33 bits per heavy atom. The largest absolute Gasteiger partial charge is 0.342 e. The van der Waals surface area contributed by atoms with Gasteiger partial charge >= 0.3 is 0 Å². The molecule has 15 heavy (non-hydrogen) atoms. The van der Waals surface area contributed by atoms with Crippen LogP contribution in [0.3, 0.4) is 0 Å². The molecule has 0 amide bonds. The lowest BCUT2D eigenvalue weighted by molar-refractivity contribution is 0.314. The molecule has 0 saturated heterocycles. The standard InChI is InChI=1S/C9H12N4OS/c1-6(2)4-14-15-9-10-3-7-8(13-9)12-5-11-7/h3,5-6H,4H2,1-2H3,(H,10,11,12,13). The summed E-state index contributed by atoms with van der Waals surface area (Å²) in [5.41, 5.74) is 1.50. The molecule has 2 aromatic rings. The molecule has 80 valence electrons. The number of nitrogens with zero attached hydrogens (tertiary/aromatic N) is 3. The van der Waals surface area contributed by atoms with E-state index in [0.717, 1.165) is 5.52 Å². The van der Waals surface area contributed by atoms with E-state index in [9.17, 15) is 0 Å². The van der Waals surface area contributed by atoms with Gasteiger partial charge in [-0.25, -0.2) is 9.97 Å². The van der Waals surface area contributed by atoms with Gasteiger partial charge in [-0.05, 0) is 5.92 Å². The van der Waals surface area contributed by atoms with Gasteiger partial charge in [0.1, 0.15) is 5.52 Å². The van der Waals surface area contributed by atoms with Gasteiger partial charge in [0, 0.05) is 0 Å². The zero-order valence-electron chi connectivity index (χ0n) is 8.60. The third-order valence-electron chi connectivity index (χ3n) is 1.69. The molecule has 0 spiro atoms. The first-order valence-corrected chi connectivity index (χ1v) is 5.45. The molecule has 0 saturated carbocycles. The quantitative estimate of drug-likeness (QED) is 0.636. The van der Waals surface area contributed by atoms with E-state index < -0.39 is 0 Å². The van der Waals surface area contributed by atoms with E-state index in [-0.39, 0.29) is 0 Å². The number of hydrogen-bond acceptors (Lipinski definition) is 5. The molecule has 5 nitrogen and oxygen atoms in total. The lowest BCUT2D eigenvalue weighted by atomic mass is 10.2. The Bertz CT molecular complexity index is 442. The molecule has 1 N–H and O–H groups in total. The highest BCUT2D eigenvalue weighted by Crippen LogP contribution is 2.16. The molecule has 2 rings (SSSR count). The lowest BCUT2D eigenvalue weighted by Crippen LogP contribution is -1.97. The van der Waals surface area contributed by atoms with E-state index in [1.165, 1.54) is 12.0 Å². The summed E-state index contributed by atoms with van der Waals surface area (Å²) in [6.45, 7) is 4.88. The van der Waals surface area contributed by atoms with Crippen molar-refractivity contribution in [2.75, 3.05) is 6.61 Å². The van der Waals surface area contributed by atoms with Gasteiger partial charge in [0.25, 0.3) is 0 Å². The summed E-state index contributed by atoms with van der Waals surface area (Å²) >= 11 is 1.19. The second-order valence-corrected chi connectivity index (χ2v) is 4.32. The van der Waals surface area contributed by atoms with Crippen molar-refractivity contribution < 1.29 is 4.18 Å². The molecule has 0 aliphatic heterocycles. The summed E-state index contributed by atoms with van der Waals surface area (Å²) in [4.78, 5) is 15.3. The number of imidazole rings is 1. The van der Waals surface area contributed by atoms with Crippen molar-refractivity contribution in [3.63, 3.8) is 0 Å². The molecule has 0 atom stereocenters. The molecular weight excluding hydrogens is 212 g/mol. The van der Waals surface area contributed by atoms with Crippen LogP contribution in [0.4, 0.5) is 0 Å². The fourth-order valence-corrected chi connectivity index (χ4v) is 1.65. The highest BCUT2D eigenvalue weighted by molar-refractivity contribution is 7.94. The Morgan fingerprint density at radius 1 is 1.47 bits per heavy atom. The maximum atomic E-state index is 5.36. The monoisotopic (exact) mass is 224 g/mol. The molecule has 0 radical (unpaired) electrons. The predicted molar refractivity (Wildman–Crippen MR) is 58.3 cm³/mol. The summed E-state index contributed by atoms with van der Waals surface area (Å²) < 4.78 is 5.36. The summed E-state index contributed by atoms with van der Waals surface area (Å²) in [6, 6.07) is 0. The number of hydrogen-bond donors (Lipinski definition) is 1. The molecule has 0 unspecified atom stereocenters. The fourth-order valence-electron chi connectivity index (χ4n) is 0.983. The Hall–Kier alpha value is -1.14. The van der Waals surface area contributed by atoms with E-state index in [0.29, 0.717) is 23.3 Å². The van der Waals surface area contributed by atoms with Gasteiger partial charge < -0.3 is 9.17 Å². The van der Waals surface area contributed by atoms with E-state index in [1.54, 1.807) is 12.5 Å². The first-order valence-electron chi connectivity index (χ1n) is 4.71. The average Bonchev–Trinajstić information content (AvgIpc) is 2.64. The number of aromatic nitrogens is 4. The molecule has 0 fully saturated rings. The van der Waals surface area contributed by atoms with Crippen molar-refractivity contribution in [1.82, 2.24) is 19.9 Å². The van der Waals surface area contributed by atoms with Crippen molar-refractivity contribution in [3.8, 4) is 0 Å². The smallest absolute Gasteiger partial charge is 0.217 e. The van der Waals surface area contributed by atoms with Gasteiger partial charge in [0.05, 0.1) is 31.2 Å². The average molecular weight is 224 g/mol. The zero-order chi connectivity index (χ0) is 10.7. The van der Waals surface area contributed by atoms with Crippen LogP contribution in [-0.2, 0) is 4.18 Å². The fraction of sp³-hybridized carbons (Fsp3) is 0.444. The molecule has 6 heteroatoms. The van der Waals surface area contributed by atoms with E-state index in [4.69, 9.17) is 4.18 Å². The number of nitrogens with one attached hydrogen (secondary N) is 1. The number of rotatable bonds is 4. The first kappa shape index (κ1) is 10.4. The van der Waals surface area contributed by atoms with Gasteiger partial charge in [-0.15, -0.1) is 0 Å². The summed E-state index contributed by atoms with van der Waals surface area (Å²) in [6.07, 6.45) is 3.30. The highest BCUT2D eigenvalue weighted by Gasteiger charge is 2.03. The third kappa shape index (κ3) is 2.66. The van der Waals surface area contributed by atoms with Gasteiger partial charge in [-0.2, -0.15) is 4.98 Å². The molecule has 2 aromatic heterocycles. The van der Waals surface area contributed by atoms with Crippen LogP contribution in [0, 0.1) is 5.92 Å². The van der Waals surface area contributed by atoms with Crippen LogP contribution in [0.25, 0.3) is 11.2 Å². The van der Waals surface area contributed by atoms with Crippen LogP contribution >= 0.6 is 12.0 Å². The van der Waals surface area contributed by atoms with Crippen LogP contribution < -0.4 is 0 Å². The van der Waals surface area contributed by atoms with Crippen molar-refractivity contribution in [2.24, 2.45) is 5.92 Å². The topological polar surface area (TPSA) is 63.7 Å². The highest BCUT2D eigenvalue weighted by atomic mass is 32.2. The van der Waals surface area contributed by atoms with Crippen LogP contribution in [0.1, 0.15) is 13.8 Å². The van der Waals surface area contributed by atoms with Crippen LogP contribution in [0.2, 0.25) is 0 Å². The molecule has 0 aliphatic carbocycles. The summed E-state index contributed by atoms with van der Waals surface area (Å²) in [5, 5.41) is 0.593. The third-order valence-corrected chi connectivity index (χ3v) is 2.29. The van der Waals surface area contributed by atoms with Crippen LogP contribution in [0.5, 0.6) is 0 Å². The zero-order valence-corrected chi connectivity index (χ0v) is 9.41. The number of H-pyrrole nitrogens is 1. The minimum atomic E-state index is 0.506. The van der Waals surface area contributed by atoms with Gasteiger partial charge in [-0.3, -0.25) is 0 Å². The Balaban J connectivity index is 2.02. The molecule has 0 aliphatic rings. The maximum Gasteiger partial charge on any atom is 0.217 e. The van der Waals surface area contributed by atoms with Gasteiger partial charge in [0.2, 0.25) is 5.16 Å².